The molecule has 0 aliphatic carbocycles. The van der Waals surface area contributed by atoms with E-state index in [-0.39, 0.29) is 5.97 Å². The van der Waals surface area contributed by atoms with Crippen molar-refractivity contribution in [2.24, 2.45) is 0 Å². The van der Waals surface area contributed by atoms with E-state index in [0.29, 0.717) is 18.3 Å². The fourth-order valence-electron chi connectivity index (χ4n) is 1.86. The Bertz CT molecular complexity index is 519. The fourth-order valence-corrected chi connectivity index (χ4v) is 2.69. The Kier molecular flexibility index (Phi) is 4.76. The van der Waals surface area contributed by atoms with E-state index in [0.717, 1.165) is 12.1 Å². The van der Waals surface area contributed by atoms with Crippen LogP contribution < -0.4 is 5.32 Å². The largest absolute Gasteiger partial charge is 0.464 e. The SMILES string of the molecule is COC(=O)c1ccc(CNC(C)Cc2cccs2)[nH]1. The predicted molar refractivity (Wildman–Crippen MR) is 76.5 cm³/mol. The Labute approximate surface area is 116 Å². The van der Waals surface area contributed by atoms with Crippen LogP contribution in [0.5, 0.6) is 0 Å². The van der Waals surface area contributed by atoms with Crippen molar-refractivity contribution in [2.75, 3.05) is 7.11 Å². The number of hydrogen-bond acceptors (Lipinski definition) is 4. The number of esters is 1. The van der Waals surface area contributed by atoms with Crippen LogP contribution in [0.4, 0.5) is 0 Å². The van der Waals surface area contributed by atoms with E-state index in [1.807, 2.05) is 6.07 Å². The summed E-state index contributed by atoms with van der Waals surface area (Å²) >= 11 is 1.77. The highest BCUT2D eigenvalue weighted by atomic mass is 32.1. The lowest BCUT2D eigenvalue weighted by Crippen LogP contribution is -2.27. The Morgan fingerprint density at radius 3 is 3.00 bits per heavy atom. The molecule has 0 aliphatic rings. The van der Waals surface area contributed by atoms with Crippen LogP contribution in [-0.2, 0) is 17.7 Å². The summed E-state index contributed by atoms with van der Waals surface area (Å²) < 4.78 is 4.66. The van der Waals surface area contributed by atoms with E-state index < -0.39 is 0 Å². The number of carbonyl (C=O) groups is 1. The van der Waals surface area contributed by atoms with Crippen molar-refractivity contribution in [3.05, 3.63) is 45.9 Å². The molecule has 0 fully saturated rings. The van der Waals surface area contributed by atoms with Crippen LogP contribution >= 0.6 is 11.3 Å². The van der Waals surface area contributed by atoms with Gasteiger partial charge in [0.25, 0.3) is 0 Å². The van der Waals surface area contributed by atoms with E-state index in [2.05, 4.69) is 39.5 Å². The highest BCUT2D eigenvalue weighted by molar-refractivity contribution is 7.09. The minimum absolute atomic E-state index is 0.335. The van der Waals surface area contributed by atoms with Crippen molar-refractivity contribution in [1.82, 2.24) is 10.3 Å². The Morgan fingerprint density at radius 1 is 1.47 bits per heavy atom. The Hall–Kier alpha value is -1.59. The molecule has 5 heteroatoms. The van der Waals surface area contributed by atoms with Gasteiger partial charge in [0.1, 0.15) is 5.69 Å². The minimum atomic E-state index is -0.335. The zero-order valence-corrected chi connectivity index (χ0v) is 11.9. The number of H-pyrrole nitrogens is 1. The summed E-state index contributed by atoms with van der Waals surface area (Å²) in [5.41, 5.74) is 1.48. The van der Waals surface area contributed by atoms with Gasteiger partial charge < -0.3 is 15.0 Å². The lowest BCUT2D eigenvalue weighted by Gasteiger charge is -2.11. The monoisotopic (exact) mass is 278 g/mol. The summed E-state index contributed by atoms with van der Waals surface area (Å²) in [5.74, 6) is -0.335. The molecule has 2 aromatic heterocycles. The number of methoxy groups -OCH3 is 1. The van der Waals surface area contributed by atoms with Crippen LogP contribution in [0.25, 0.3) is 0 Å². The lowest BCUT2D eigenvalue weighted by atomic mass is 10.2. The van der Waals surface area contributed by atoms with Gasteiger partial charge >= 0.3 is 5.97 Å². The summed E-state index contributed by atoms with van der Waals surface area (Å²) in [6, 6.07) is 8.25. The molecule has 2 rings (SSSR count). The second-order valence-corrected chi connectivity index (χ2v) is 5.49. The molecule has 19 heavy (non-hydrogen) atoms. The van der Waals surface area contributed by atoms with Gasteiger partial charge in [-0.2, -0.15) is 0 Å². The van der Waals surface area contributed by atoms with Crippen molar-refractivity contribution >= 4 is 17.3 Å². The first-order chi connectivity index (χ1) is 9.19. The van der Waals surface area contributed by atoms with Crippen LogP contribution in [0.3, 0.4) is 0 Å². The number of ether oxygens (including phenoxy) is 1. The molecular formula is C14H18N2O2S. The molecule has 2 N–H and O–H groups in total. The smallest absolute Gasteiger partial charge is 0.354 e. The van der Waals surface area contributed by atoms with Gasteiger partial charge in [-0.15, -0.1) is 11.3 Å². The average molecular weight is 278 g/mol. The molecule has 0 bridgehead atoms. The van der Waals surface area contributed by atoms with Gasteiger partial charge in [0.2, 0.25) is 0 Å². The van der Waals surface area contributed by atoms with Gasteiger partial charge in [-0.1, -0.05) is 6.07 Å². The van der Waals surface area contributed by atoms with Gasteiger partial charge in [-0.05, 0) is 36.9 Å². The second kappa shape index (κ2) is 6.54. The van der Waals surface area contributed by atoms with E-state index in [1.165, 1.54) is 12.0 Å². The van der Waals surface area contributed by atoms with Gasteiger partial charge in [0.15, 0.2) is 0 Å². The number of nitrogens with one attached hydrogen (secondary N) is 2. The first-order valence-corrected chi connectivity index (χ1v) is 7.09. The van der Waals surface area contributed by atoms with Crippen molar-refractivity contribution in [1.29, 1.82) is 0 Å². The second-order valence-electron chi connectivity index (χ2n) is 4.45. The normalized spacial score (nSPS) is 12.3. The molecule has 1 atom stereocenters. The molecule has 2 aromatic rings. The number of aromatic nitrogens is 1. The zero-order valence-electron chi connectivity index (χ0n) is 11.1. The highest BCUT2D eigenvalue weighted by Crippen LogP contribution is 2.11. The van der Waals surface area contributed by atoms with E-state index in [1.54, 1.807) is 17.4 Å². The molecule has 102 valence electrons. The summed E-state index contributed by atoms with van der Waals surface area (Å²) in [6.45, 7) is 2.87. The van der Waals surface area contributed by atoms with Crippen molar-refractivity contribution in [2.45, 2.75) is 25.9 Å². The summed E-state index contributed by atoms with van der Waals surface area (Å²) in [7, 11) is 1.38. The predicted octanol–water partition coefficient (Wildman–Crippen LogP) is 2.58. The first kappa shape index (κ1) is 13.8. The number of hydrogen-bond donors (Lipinski definition) is 2. The number of carbonyl (C=O) groups excluding carboxylic acids is 1. The van der Waals surface area contributed by atoms with E-state index >= 15 is 0 Å². The van der Waals surface area contributed by atoms with E-state index in [9.17, 15) is 4.79 Å². The molecule has 0 spiro atoms. The third kappa shape index (κ3) is 3.94. The lowest BCUT2D eigenvalue weighted by molar-refractivity contribution is 0.0594. The standard InChI is InChI=1S/C14H18N2O2S/c1-10(8-12-4-3-7-19-12)15-9-11-5-6-13(16-11)14(17)18-2/h3-7,10,15-16H,8-9H2,1-2H3. The molecule has 0 saturated heterocycles. The maximum atomic E-state index is 11.3. The molecule has 0 aromatic carbocycles. The Balaban J connectivity index is 1.81. The maximum absolute atomic E-state index is 11.3. The third-order valence-corrected chi connectivity index (χ3v) is 3.78. The van der Waals surface area contributed by atoms with Crippen LogP contribution in [-0.4, -0.2) is 24.1 Å². The van der Waals surface area contributed by atoms with Gasteiger partial charge in [0.05, 0.1) is 7.11 Å². The van der Waals surface area contributed by atoms with Crippen LogP contribution in [0.1, 0.15) is 28.0 Å². The molecule has 2 heterocycles. The molecule has 0 radical (unpaired) electrons. The molecule has 1 unspecified atom stereocenters. The quantitative estimate of drug-likeness (QED) is 0.799. The summed E-state index contributed by atoms with van der Waals surface area (Å²) in [6.07, 6.45) is 1.02. The summed E-state index contributed by atoms with van der Waals surface area (Å²) in [5, 5.41) is 5.52. The minimum Gasteiger partial charge on any atom is -0.464 e. The first-order valence-electron chi connectivity index (χ1n) is 6.21. The molecule has 0 amide bonds. The van der Waals surface area contributed by atoms with Gasteiger partial charge in [-0.3, -0.25) is 0 Å². The fraction of sp³-hybridized carbons (Fsp3) is 0.357. The highest BCUT2D eigenvalue weighted by Gasteiger charge is 2.09. The number of thiophene rings is 1. The number of aromatic amines is 1. The van der Waals surface area contributed by atoms with Crippen molar-refractivity contribution in [3.63, 3.8) is 0 Å². The molecular weight excluding hydrogens is 260 g/mol. The Morgan fingerprint density at radius 2 is 2.32 bits per heavy atom. The van der Waals surface area contributed by atoms with Crippen LogP contribution in [0.2, 0.25) is 0 Å². The van der Waals surface area contributed by atoms with Crippen molar-refractivity contribution in [3.8, 4) is 0 Å². The molecule has 0 aliphatic heterocycles. The van der Waals surface area contributed by atoms with Gasteiger partial charge in [-0.25, -0.2) is 4.79 Å². The van der Waals surface area contributed by atoms with E-state index in [4.69, 9.17) is 0 Å². The van der Waals surface area contributed by atoms with Crippen LogP contribution in [0.15, 0.2) is 29.6 Å². The zero-order chi connectivity index (χ0) is 13.7. The topological polar surface area (TPSA) is 54.1 Å². The maximum Gasteiger partial charge on any atom is 0.354 e. The average Bonchev–Trinajstić information content (AvgIpc) is 3.06. The number of rotatable bonds is 6. The summed E-state index contributed by atoms with van der Waals surface area (Å²) in [4.78, 5) is 15.7. The molecule has 0 saturated carbocycles. The van der Waals surface area contributed by atoms with Gasteiger partial charge in [0, 0.05) is 23.2 Å². The third-order valence-electron chi connectivity index (χ3n) is 2.88. The van der Waals surface area contributed by atoms with Crippen molar-refractivity contribution < 1.29 is 9.53 Å². The molecule has 4 nitrogen and oxygen atoms in total. The van der Waals surface area contributed by atoms with Crippen LogP contribution in [0, 0.1) is 0 Å².